The van der Waals surface area contributed by atoms with Crippen molar-refractivity contribution in [2.45, 2.75) is 37.4 Å². The van der Waals surface area contributed by atoms with E-state index in [1.54, 1.807) is 0 Å². The lowest BCUT2D eigenvalue weighted by Crippen LogP contribution is -2.09. The van der Waals surface area contributed by atoms with Gasteiger partial charge in [0.25, 0.3) is 0 Å². The van der Waals surface area contributed by atoms with Gasteiger partial charge in [0, 0.05) is 12.5 Å². The Bertz CT molecular complexity index is 522. The first-order chi connectivity index (χ1) is 8.29. The van der Waals surface area contributed by atoms with E-state index in [1.165, 1.54) is 11.1 Å². The number of nitrogens with zero attached hydrogens (tertiary/aromatic N) is 3. The molecular formula is C13H15N3S. The number of aromatic nitrogens is 3. The summed E-state index contributed by atoms with van der Waals surface area (Å²) in [5, 5.41) is 9.08. The van der Waals surface area contributed by atoms with Gasteiger partial charge in [0.15, 0.2) is 5.16 Å². The first kappa shape index (κ1) is 10.8. The summed E-state index contributed by atoms with van der Waals surface area (Å²) in [6.45, 7) is 2.99. The summed E-state index contributed by atoms with van der Waals surface area (Å²) in [5.41, 5.74) is 2.90. The molecule has 0 radical (unpaired) electrons. The van der Waals surface area contributed by atoms with Gasteiger partial charge in [-0.3, -0.25) is 0 Å². The van der Waals surface area contributed by atoms with E-state index in [2.05, 4.69) is 58.6 Å². The minimum absolute atomic E-state index is 0.459. The van der Waals surface area contributed by atoms with Crippen molar-refractivity contribution in [3.63, 3.8) is 0 Å². The summed E-state index contributed by atoms with van der Waals surface area (Å²) in [6.07, 6.45) is 2.14. The van der Waals surface area contributed by atoms with E-state index < -0.39 is 0 Å². The average molecular weight is 245 g/mol. The van der Waals surface area contributed by atoms with E-state index >= 15 is 0 Å². The zero-order valence-corrected chi connectivity index (χ0v) is 10.7. The van der Waals surface area contributed by atoms with Crippen LogP contribution in [0.2, 0.25) is 0 Å². The fourth-order valence-corrected chi connectivity index (χ4v) is 2.94. The van der Waals surface area contributed by atoms with Crippen LogP contribution in [0.15, 0.2) is 29.4 Å². The SMILES string of the molecule is CCn1c(S)nnc1C1Cc2ccccc2C1. The summed E-state index contributed by atoms with van der Waals surface area (Å²) < 4.78 is 2.10. The van der Waals surface area contributed by atoms with Crippen molar-refractivity contribution in [1.29, 1.82) is 0 Å². The maximum absolute atomic E-state index is 4.34. The van der Waals surface area contributed by atoms with Crippen LogP contribution in [-0.4, -0.2) is 14.8 Å². The number of rotatable bonds is 2. The third-order valence-electron chi connectivity index (χ3n) is 3.49. The number of benzene rings is 1. The van der Waals surface area contributed by atoms with Crippen LogP contribution in [0.25, 0.3) is 0 Å². The fourth-order valence-electron chi connectivity index (χ4n) is 2.65. The average Bonchev–Trinajstić information content (AvgIpc) is 2.91. The standard InChI is InChI=1S/C13H15N3S/c1-2-16-12(14-15-13(16)17)11-7-9-5-3-4-6-10(9)8-11/h3-6,11H,2,7-8H2,1H3,(H,15,17). The number of hydrogen-bond acceptors (Lipinski definition) is 3. The minimum atomic E-state index is 0.459. The van der Waals surface area contributed by atoms with Gasteiger partial charge in [-0.25, -0.2) is 0 Å². The highest BCUT2D eigenvalue weighted by Crippen LogP contribution is 2.33. The Morgan fingerprint density at radius 3 is 2.47 bits per heavy atom. The molecular weight excluding hydrogens is 230 g/mol. The van der Waals surface area contributed by atoms with Gasteiger partial charge in [0.1, 0.15) is 5.82 Å². The van der Waals surface area contributed by atoms with Gasteiger partial charge >= 0.3 is 0 Å². The van der Waals surface area contributed by atoms with Crippen LogP contribution in [0.1, 0.15) is 29.8 Å². The van der Waals surface area contributed by atoms with E-state index in [9.17, 15) is 0 Å². The van der Waals surface area contributed by atoms with Crippen molar-refractivity contribution in [3.8, 4) is 0 Å². The Balaban J connectivity index is 1.94. The monoisotopic (exact) mass is 245 g/mol. The van der Waals surface area contributed by atoms with Gasteiger partial charge in [-0.05, 0) is 30.9 Å². The summed E-state index contributed by atoms with van der Waals surface area (Å²) in [6, 6.07) is 8.64. The van der Waals surface area contributed by atoms with Crippen molar-refractivity contribution < 1.29 is 0 Å². The second-order valence-corrected chi connectivity index (χ2v) is 4.88. The Morgan fingerprint density at radius 2 is 1.88 bits per heavy atom. The maximum Gasteiger partial charge on any atom is 0.188 e. The smallest absolute Gasteiger partial charge is 0.188 e. The molecule has 0 saturated heterocycles. The number of thiol groups is 1. The van der Waals surface area contributed by atoms with Crippen LogP contribution in [0.5, 0.6) is 0 Å². The number of fused-ring (bicyclic) bond motifs is 1. The summed E-state index contributed by atoms with van der Waals surface area (Å²) in [7, 11) is 0. The zero-order chi connectivity index (χ0) is 11.8. The van der Waals surface area contributed by atoms with Crippen molar-refractivity contribution in [2.24, 2.45) is 0 Å². The molecule has 0 saturated carbocycles. The highest BCUT2D eigenvalue weighted by molar-refractivity contribution is 7.80. The molecule has 2 aromatic rings. The van der Waals surface area contributed by atoms with Gasteiger partial charge in [-0.1, -0.05) is 24.3 Å². The first-order valence-electron chi connectivity index (χ1n) is 5.98. The molecule has 3 rings (SSSR count). The molecule has 1 aliphatic carbocycles. The topological polar surface area (TPSA) is 30.7 Å². The van der Waals surface area contributed by atoms with E-state index in [4.69, 9.17) is 0 Å². The molecule has 0 bridgehead atoms. The molecule has 0 atom stereocenters. The molecule has 1 aromatic heterocycles. The molecule has 88 valence electrons. The molecule has 1 aromatic carbocycles. The molecule has 3 nitrogen and oxygen atoms in total. The second kappa shape index (κ2) is 4.18. The Kier molecular flexibility index (Phi) is 2.67. The van der Waals surface area contributed by atoms with E-state index in [0.717, 1.165) is 30.4 Å². The Hall–Kier alpha value is -1.29. The highest BCUT2D eigenvalue weighted by atomic mass is 32.1. The summed E-state index contributed by atoms with van der Waals surface area (Å²) in [5.74, 6) is 1.54. The molecule has 0 fully saturated rings. The highest BCUT2D eigenvalue weighted by Gasteiger charge is 2.26. The molecule has 4 heteroatoms. The third kappa shape index (κ3) is 1.76. The Labute approximate surface area is 106 Å². The Morgan fingerprint density at radius 1 is 1.24 bits per heavy atom. The quantitative estimate of drug-likeness (QED) is 0.824. The van der Waals surface area contributed by atoms with Gasteiger partial charge in [-0.15, -0.1) is 22.8 Å². The van der Waals surface area contributed by atoms with Crippen molar-refractivity contribution in [3.05, 3.63) is 41.2 Å². The van der Waals surface area contributed by atoms with Crippen LogP contribution in [0.4, 0.5) is 0 Å². The summed E-state index contributed by atoms with van der Waals surface area (Å²) in [4.78, 5) is 0. The molecule has 1 heterocycles. The number of hydrogen-bond donors (Lipinski definition) is 1. The van der Waals surface area contributed by atoms with Crippen LogP contribution in [-0.2, 0) is 19.4 Å². The first-order valence-corrected chi connectivity index (χ1v) is 6.43. The lowest BCUT2D eigenvalue weighted by Gasteiger charge is -2.10. The summed E-state index contributed by atoms with van der Waals surface area (Å²) >= 11 is 4.34. The molecule has 0 N–H and O–H groups in total. The lowest BCUT2D eigenvalue weighted by atomic mass is 10.1. The lowest BCUT2D eigenvalue weighted by molar-refractivity contribution is 0.583. The van der Waals surface area contributed by atoms with Gasteiger partial charge in [-0.2, -0.15) is 0 Å². The van der Waals surface area contributed by atoms with Crippen LogP contribution >= 0.6 is 12.6 Å². The minimum Gasteiger partial charge on any atom is -0.306 e. The van der Waals surface area contributed by atoms with Crippen molar-refractivity contribution in [2.75, 3.05) is 0 Å². The van der Waals surface area contributed by atoms with Crippen LogP contribution in [0, 0.1) is 0 Å². The van der Waals surface area contributed by atoms with Gasteiger partial charge in [0.05, 0.1) is 0 Å². The van der Waals surface area contributed by atoms with Crippen LogP contribution in [0.3, 0.4) is 0 Å². The van der Waals surface area contributed by atoms with E-state index in [-0.39, 0.29) is 0 Å². The fraction of sp³-hybridized carbons (Fsp3) is 0.385. The molecule has 0 unspecified atom stereocenters. The zero-order valence-electron chi connectivity index (χ0n) is 9.80. The van der Waals surface area contributed by atoms with E-state index in [0.29, 0.717) is 5.92 Å². The normalized spacial score (nSPS) is 15.2. The van der Waals surface area contributed by atoms with Crippen molar-refractivity contribution >= 4 is 12.6 Å². The largest absolute Gasteiger partial charge is 0.306 e. The second-order valence-electron chi connectivity index (χ2n) is 4.48. The van der Waals surface area contributed by atoms with Crippen molar-refractivity contribution in [1.82, 2.24) is 14.8 Å². The molecule has 17 heavy (non-hydrogen) atoms. The molecule has 0 amide bonds. The van der Waals surface area contributed by atoms with Crippen LogP contribution < -0.4 is 0 Å². The van der Waals surface area contributed by atoms with Gasteiger partial charge in [0.2, 0.25) is 0 Å². The van der Waals surface area contributed by atoms with E-state index in [1.807, 2.05) is 0 Å². The molecule has 1 aliphatic rings. The molecule has 0 spiro atoms. The third-order valence-corrected chi connectivity index (χ3v) is 3.82. The predicted octanol–water partition coefficient (Wildman–Crippen LogP) is 2.47. The van der Waals surface area contributed by atoms with Gasteiger partial charge < -0.3 is 4.57 Å². The maximum atomic E-state index is 4.34. The predicted molar refractivity (Wildman–Crippen MR) is 69.5 cm³/mol. The molecule has 0 aliphatic heterocycles.